The van der Waals surface area contributed by atoms with Gasteiger partial charge in [0.05, 0.1) is 12.2 Å². The summed E-state index contributed by atoms with van der Waals surface area (Å²) in [5.74, 6) is -0.214. The van der Waals surface area contributed by atoms with Crippen LogP contribution in [0.25, 0.3) is 6.08 Å². The van der Waals surface area contributed by atoms with E-state index in [9.17, 15) is 4.79 Å². The van der Waals surface area contributed by atoms with Gasteiger partial charge in [-0.2, -0.15) is 0 Å². The van der Waals surface area contributed by atoms with Crippen molar-refractivity contribution in [2.45, 2.75) is 39.5 Å². The maximum atomic E-state index is 12.1. The van der Waals surface area contributed by atoms with Crippen LogP contribution in [0.2, 0.25) is 0 Å². The lowest BCUT2D eigenvalue weighted by molar-refractivity contribution is 0.0504. The standard InChI is InChI=1S/C18H22O2/c1-3-5-7-14-10-11-16-15(13-14)8-6-9-17(16)18(19)20-12-4-2/h6-11H,3-5,12-13H2,1-2H3. The van der Waals surface area contributed by atoms with E-state index in [-0.39, 0.29) is 5.97 Å². The van der Waals surface area contributed by atoms with Crippen LogP contribution in [0.1, 0.15) is 54.6 Å². The molecule has 0 radical (unpaired) electrons. The van der Waals surface area contributed by atoms with Gasteiger partial charge in [0.2, 0.25) is 0 Å². The summed E-state index contributed by atoms with van der Waals surface area (Å²) in [6.45, 7) is 4.66. The van der Waals surface area contributed by atoms with Crippen molar-refractivity contribution in [2.75, 3.05) is 6.61 Å². The summed E-state index contributed by atoms with van der Waals surface area (Å²) in [7, 11) is 0. The van der Waals surface area contributed by atoms with Crippen molar-refractivity contribution in [3.8, 4) is 0 Å². The summed E-state index contributed by atoms with van der Waals surface area (Å²) in [5, 5.41) is 0. The van der Waals surface area contributed by atoms with Crippen molar-refractivity contribution in [1.82, 2.24) is 0 Å². The molecule has 0 atom stereocenters. The molecule has 0 aliphatic heterocycles. The van der Waals surface area contributed by atoms with Crippen molar-refractivity contribution >= 4 is 12.0 Å². The summed E-state index contributed by atoms with van der Waals surface area (Å²) >= 11 is 0. The monoisotopic (exact) mass is 270 g/mol. The fourth-order valence-corrected chi connectivity index (χ4v) is 2.35. The van der Waals surface area contributed by atoms with E-state index >= 15 is 0 Å². The van der Waals surface area contributed by atoms with Crippen LogP contribution in [-0.4, -0.2) is 12.6 Å². The number of carbonyl (C=O) groups excluding carboxylic acids is 1. The molecule has 1 aromatic carbocycles. The van der Waals surface area contributed by atoms with Gasteiger partial charge in [-0.25, -0.2) is 4.79 Å². The second-order valence-corrected chi connectivity index (χ2v) is 5.09. The number of hydrogen-bond acceptors (Lipinski definition) is 2. The van der Waals surface area contributed by atoms with Gasteiger partial charge >= 0.3 is 5.97 Å². The number of unbranched alkanes of at least 4 members (excludes halogenated alkanes) is 1. The van der Waals surface area contributed by atoms with Crippen LogP contribution in [0.4, 0.5) is 0 Å². The first-order chi connectivity index (χ1) is 9.76. The summed E-state index contributed by atoms with van der Waals surface area (Å²) in [6, 6.07) is 5.88. The molecule has 2 nitrogen and oxygen atoms in total. The van der Waals surface area contributed by atoms with Crippen LogP contribution < -0.4 is 0 Å². The van der Waals surface area contributed by atoms with E-state index in [0.717, 1.165) is 31.2 Å². The molecule has 20 heavy (non-hydrogen) atoms. The van der Waals surface area contributed by atoms with E-state index in [0.29, 0.717) is 12.2 Å². The van der Waals surface area contributed by atoms with E-state index in [4.69, 9.17) is 4.74 Å². The van der Waals surface area contributed by atoms with E-state index in [1.165, 1.54) is 11.1 Å². The topological polar surface area (TPSA) is 26.3 Å². The molecule has 0 spiro atoms. The van der Waals surface area contributed by atoms with Gasteiger partial charge in [-0.3, -0.25) is 0 Å². The van der Waals surface area contributed by atoms with Gasteiger partial charge in [0.15, 0.2) is 0 Å². The van der Waals surface area contributed by atoms with Gasteiger partial charge in [-0.05, 0) is 42.0 Å². The zero-order valence-corrected chi connectivity index (χ0v) is 12.3. The Bertz CT molecular complexity index is 538. The maximum Gasteiger partial charge on any atom is 0.338 e. The highest BCUT2D eigenvalue weighted by atomic mass is 16.5. The van der Waals surface area contributed by atoms with Crippen molar-refractivity contribution in [1.29, 1.82) is 0 Å². The summed E-state index contributed by atoms with van der Waals surface area (Å²) in [6.07, 6.45) is 10.5. The molecular weight excluding hydrogens is 248 g/mol. The van der Waals surface area contributed by atoms with Gasteiger partial charge < -0.3 is 4.74 Å². The normalized spacial score (nSPS) is 15.2. The largest absolute Gasteiger partial charge is 0.462 e. The zero-order chi connectivity index (χ0) is 14.4. The average Bonchev–Trinajstić information content (AvgIpc) is 2.49. The van der Waals surface area contributed by atoms with Crippen LogP contribution in [0.3, 0.4) is 0 Å². The predicted octanol–water partition coefficient (Wildman–Crippen LogP) is 4.55. The first kappa shape index (κ1) is 14.6. The summed E-state index contributed by atoms with van der Waals surface area (Å²) < 4.78 is 5.25. The van der Waals surface area contributed by atoms with E-state index in [1.54, 1.807) is 0 Å². The third-order valence-corrected chi connectivity index (χ3v) is 3.41. The van der Waals surface area contributed by atoms with Crippen molar-refractivity contribution in [2.24, 2.45) is 0 Å². The van der Waals surface area contributed by atoms with Crippen molar-refractivity contribution < 1.29 is 9.53 Å². The number of benzene rings is 1. The minimum Gasteiger partial charge on any atom is -0.462 e. The van der Waals surface area contributed by atoms with Gasteiger partial charge in [-0.15, -0.1) is 0 Å². The number of rotatable bonds is 5. The molecule has 0 heterocycles. The maximum absolute atomic E-state index is 12.1. The highest BCUT2D eigenvalue weighted by molar-refractivity contribution is 5.94. The lowest BCUT2D eigenvalue weighted by Crippen LogP contribution is -2.10. The van der Waals surface area contributed by atoms with Crippen molar-refractivity contribution in [3.63, 3.8) is 0 Å². The molecule has 0 saturated heterocycles. The summed E-state index contributed by atoms with van der Waals surface area (Å²) in [5.41, 5.74) is 4.24. The zero-order valence-electron chi connectivity index (χ0n) is 12.3. The van der Waals surface area contributed by atoms with Gasteiger partial charge in [0.25, 0.3) is 0 Å². The molecule has 0 fully saturated rings. The minimum atomic E-state index is -0.214. The van der Waals surface area contributed by atoms with E-state index < -0.39 is 0 Å². The van der Waals surface area contributed by atoms with E-state index in [2.05, 4.69) is 25.1 Å². The summed E-state index contributed by atoms with van der Waals surface area (Å²) in [4.78, 5) is 12.1. The highest BCUT2D eigenvalue weighted by Gasteiger charge is 2.16. The second-order valence-electron chi connectivity index (χ2n) is 5.09. The molecule has 106 valence electrons. The van der Waals surface area contributed by atoms with Crippen LogP contribution in [0.5, 0.6) is 0 Å². The molecule has 0 unspecified atom stereocenters. The van der Waals surface area contributed by atoms with Crippen LogP contribution in [0.15, 0.2) is 35.9 Å². The fraction of sp³-hybridized carbons (Fsp3) is 0.389. The lowest BCUT2D eigenvalue weighted by atomic mass is 9.90. The Hall–Kier alpha value is -1.83. The highest BCUT2D eigenvalue weighted by Crippen LogP contribution is 2.26. The third-order valence-electron chi connectivity index (χ3n) is 3.41. The Balaban J connectivity index is 2.23. The van der Waals surface area contributed by atoms with Crippen LogP contribution in [-0.2, 0) is 11.2 Å². The Morgan fingerprint density at radius 3 is 2.85 bits per heavy atom. The molecule has 1 aliphatic carbocycles. The SMILES string of the molecule is CCCC=C1C=Cc2c(cccc2C(=O)OCCC)C1. The molecule has 1 aromatic rings. The number of allylic oxidation sites excluding steroid dienone is 3. The minimum absolute atomic E-state index is 0.214. The average molecular weight is 270 g/mol. The van der Waals surface area contributed by atoms with Crippen LogP contribution >= 0.6 is 0 Å². The van der Waals surface area contributed by atoms with Gasteiger partial charge in [0, 0.05) is 0 Å². The molecule has 0 aromatic heterocycles. The first-order valence-electron chi connectivity index (χ1n) is 7.42. The molecule has 0 bridgehead atoms. The quantitative estimate of drug-likeness (QED) is 0.734. The Morgan fingerprint density at radius 1 is 1.25 bits per heavy atom. The Morgan fingerprint density at radius 2 is 2.10 bits per heavy atom. The molecule has 2 heteroatoms. The Labute approximate surface area is 121 Å². The number of esters is 1. The van der Waals surface area contributed by atoms with E-state index in [1.807, 2.05) is 25.1 Å². The predicted molar refractivity (Wildman–Crippen MR) is 82.7 cm³/mol. The number of ether oxygens (including phenoxy) is 1. The lowest BCUT2D eigenvalue weighted by Gasteiger charge is -2.16. The molecule has 0 saturated carbocycles. The molecular formula is C18H22O2. The van der Waals surface area contributed by atoms with Gasteiger partial charge in [0.1, 0.15) is 0 Å². The fourth-order valence-electron chi connectivity index (χ4n) is 2.35. The molecule has 0 amide bonds. The second kappa shape index (κ2) is 7.09. The van der Waals surface area contributed by atoms with Gasteiger partial charge in [-0.1, -0.05) is 50.6 Å². The van der Waals surface area contributed by atoms with Crippen molar-refractivity contribution in [3.05, 3.63) is 52.6 Å². The molecule has 0 N–H and O–H groups in total. The first-order valence-corrected chi connectivity index (χ1v) is 7.42. The van der Waals surface area contributed by atoms with Crippen LogP contribution in [0, 0.1) is 0 Å². The smallest absolute Gasteiger partial charge is 0.338 e. The molecule has 1 aliphatic rings. The Kier molecular flexibility index (Phi) is 5.16. The number of fused-ring (bicyclic) bond motifs is 1. The third kappa shape index (κ3) is 3.38. The number of hydrogen-bond donors (Lipinski definition) is 0. The molecule has 2 rings (SSSR count). The number of carbonyl (C=O) groups is 1.